The number of nitrogens with one attached hydrogen (secondary N) is 1. The van der Waals surface area contributed by atoms with E-state index < -0.39 is 0 Å². The van der Waals surface area contributed by atoms with Gasteiger partial charge in [0.2, 0.25) is 0 Å². The number of fused-ring (bicyclic) bond motifs is 1. The van der Waals surface area contributed by atoms with Crippen molar-refractivity contribution in [2.75, 3.05) is 24.3 Å². The van der Waals surface area contributed by atoms with Gasteiger partial charge in [-0.2, -0.15) is 0 Å². The van der Waals surface area contributed by atoms with E-state index in [1.54, 1.807) is 0 Å². The Morgan fingerprint density at radius 1 is 1.00 bits per heavy atom. The normalized spacial score (nSPS) is 10.6. The van der Waals surface area contributed by atoms with Gasteiger partial charge in [-0.15, -0.1) is 0 Å². The van der Waals surface area contributed by atoms with Crippen LogP contribution in [0.3, 0.4) is 0 Å². The van der Waals surface area contributed by atoms with Gasteiger partial charge in [0.25, 0.3) is 0 Å². The Morgan fingerprint density at radius 2 is 1.90 bits per heavy atom. The number of aromatic nitrogens is 1. The van der Waals surface area contributed by atoms with E-state index in [2.05, 4.69) is 71.8 Å². The third kappa shape index (κ3) is 3.14. The van der Waals surface area contributed by atoms with Gasteiger partial charge in [0.1, 0.15) is 0 Å². The molecular weight excluding hydrogens is 258 g/mol. The molecule has 0 saturated carbocycles. The van der Waals surface area contributed by atoms with Gasteiger partial charge in [0.05, 0.1) is 0 Å². The molecule has 0 aliphatic carbocycles. The molecule has 1 aromatic heterocycles. The maximum Gasteiger partial charge on any atom is 0.0401 e. The van der Waals surface area contributed by atoms with E-state index in [9.17, 15) is 0 Å². The first-order valence-corrected chi connectivity index (χ1v) is 7.06. The lowest BCUT2D eigenvalue weighted by molar-refractivity contribution is 1.12. The first-order chi connectivity index (χ1) is 10.2. The number of hydrogen-bond acceptors (Lipinski definition) is 3. The van der Waals surface area contributed by atoms with Gasteiger partial charge in [-0.3, -0.25) is 4.98 Å². The fourth-order valence-corrected chi connectivity index (χ4v) is 2.34. The molecule has 0 amide bonds. The Bertz CT molecular complexity index is 750. The second-order valence-electron chi connectivity index (χ2n) is 5.36. The van der Waals surface area contributed by atoms with Crippen molar-refractivity contribution in [3.8, 4) is 0 Å². The topological polar surface area (TPSA) is 28.2 Å². The molecule has 1 N–H and O–H groups in total. The fourth-order valence-electron chi connectivity index (χ4n) is 2.34. The lowest BCUT2D eigenvalue weighted by atomic mass is 10.1. The molecule has 3 rings (SSSR count). The number of pyridine rings is 1. The highest BCUT2D eigenvalue weighted by molar-refractivity contribution is 5.82. The fraction of sp³-hybridized carbons (Fsp3) is 0.167. The highest BCUT2D eigenvalue weighted by atomic mass is 15.1. The zero-order valence-corrected chi connectivity index (χ0v) is 12.4. The van der Waals surface area contributed by atoms with Gasteiger partial charge in [-0.1, -0.05) is 18.2 Å². The predicted octanol–water partition coefficient (Wildman–Crippen LogP) is 3.91. The van der Waals surface area contributed by atoms with Crippen LogP contribution in [0.1, 0.15) is 5.56 Å². The standard InChI is InChI=1S/C18H19N3/c1-21(2)18-5-3-4-17(11-18)20-12-14-6-7-16-13-19-9-8-15(16)10-14/h3-11,13,20H,12H2,1-2H3. The lowest BCUT2D eigenvalue weighted by Gasteiger charge is -2.14. The molecule has 3 aromatic rings. The van der Waals surface area contributed by atoms with Gasteiger partial charge >= 0.3 is 0 Å². The van der Waals surface area contributed by atoms with Gasteiger partial charge in [0.15, 0.2) is 0 Å². The van der Waals surface area contributed by atoms with Crippen LogP contribution in [0.4, 0.5) is 11.4 Å². The Labute approximate surface area is 125 Å². The van der Waals surface area contributed by atoms with E-state index in [1.807, 2.05) is 18.5 Å². The van der Waals surface area contributed by atoms with Crippen LogP contribution in [-0.4, -0.2) is 19.1 Å². The summed E-state index contributed by atoms with van der Waals surface area (Å²) in [6.45, 7) is 0.815. The summed E-state index contributed by atoms with van der Waals surface area (Å²) >= 11 is 0. The third-order valence-electron chi connectivity index (χ3n) is 3.56. The second kappa shape index (κ2) is 5.83. The maximum atomic E-state index is 4.14. The zero-order valence-electron chi connectivity index (χ0n) is 12.4. The van der Waals surface area contributed by atoms with Crippen molar-refractivity contribution in [1.82, 2.24) is 4.98 Å². The summed E-state index contributed by atoms with van der Waals surface area (Å²) in [7, 11) is 4.10. The molecule has 0 aliphatic heterocycles. The van der Waals surface area contributed by atoms with Gasteiger partial charge in [-0.25, -0.2) is 0 Å². The molecule has 0 radical (unpaired) electrons. The molecule has 21 heavy (non-hydrogen) atoms. The van der Waals surface area contributed by atoms with Gasteiger partial charge < -0.3 is 10.2 Å². The van der Waals surface area contributed by atoms with Crippen molar-refractivity contribution in [2.24, 2.45) is 0 Å². The Balaban J connectivity index is 1.75. The zero-order chi connectivity index (χ0) is 14.7. The number of rotatable bonds is 4. The van der Waals surface area contributed by atoms with Crippen molar-refractivity contribution in [1.29, 1.82) is 0 Å². The molecule has 1 heterocycles. The molecule has 3 heteroatoms. The minimum absolute atomic E-state index is 0.815. The molecule has 0 fully saturated rings. The number of nitrogens with zero attached hydrogens (tertiary/aromatic N) is 2. The van der Waals surface area contributed by atoms with E-state index in [0.29, 0.717) is 0 Å². The molecule has 0 unspecified atom stereocenters. The number of hydrogen-bond donors (Lipinski definition) is 1. The minimum Gasteiger partial charge on any atom is -0.381 e. The summed E-state index contributed by atoms with van der Waals surface area (Å²) in [5, 5.41) is 5.88. The summed E-state index contributed by atoms with van der Waals surface area (Å²) in [5.41, 5.74) is 3.60. The lowest BCUT2D eigenvalue weighted by Crippen LogP contribution is -2.09. The summed E-state index contributed by atoms with van der Waals surface area (Å²) in [6, 6.07) is 17.0. The van der Waals surface area contributed by atoms with Crippen LogP contribution in [-0.2, 0) is 6.54 Å². The molecule has 0 aliphatic rings. The van der Waals surface area contributed by atoms with Crippen LogP contribution in [0.2, 0.25) is 0 Å². The average Bonchev–Trinajstić information content (AvgIpc) is 2.53. The Kier molecular flexibility index (Phi) is 3.73. The van der Waals surface area contributed by atoms with Gasteiger partial charge in [0, 0.05) is 49.8 Å². The van der Waals surface area contributed by atoms with Gasteiger partial charge in [-0.05, 0) is 41.3 Å². The highest BCUT2D eigenvalue weighted by Crippen LogP contribution is 2.19. The first kappa shape index (κ1) is 13.4. The number of anilines is 2. The molecule has 0 bridgehead atoms. The molecule has 3 nitrogen and oxygen atoms in total. The highest BCUT2D eigenvalue weighted by Gasteiger charge is 1.99. The Hall–Kier alpha value is -2.55. The first-order valence-electron chi connectivity index (χ1n) is 7.06. The largest absolute Gasteiger partial charge is 0.381 e. The number of benzene rings is 2. The van der Waals surface area contributed by atoms with Crippen molar-refractivity contribution < 1.29 is 0 Å². The molecule has 2 aromatic carbocycles. The average molecular weight is 277 g/mol. The maximum absolute atomic E-state index is 4.14. The van der Waals surface area contributed by atoms with Crippen LogP contribution in [0.15, 0.2) is 60.9 Å². The molecule has 0 atom stereocenters. The molecular formula is C18H19N3. The third-order valence-corrected chi connectivity index (χ3v) is 3.56. The van der Waals surface area contributed by atoms with Crippen molar-refractivity contribution >= 4 is 22.1 Å². The molecule has 0 spiro atoms. The summed E-state index contributed by atoms with van der Waals surface area (Å²) in [5.74, 6) is 0. The van der Waals surface area contributed by atoms with Crippen molar-refractivity contribution in [3.63, 3.8) is 0 Å². The summed E-state index contributed by atoms with van der Waals surface area (Å²) in [4.78, 5) is 6.25. The SMILES string of the molecule is CN(C)c1cccc(NCc2ccc3cnccc3c2)c1. The van der Waals surface area contributed by atoms with Crippen LogP contribution < -0.4 is 10.2 Å². The van der Waals surface area contributed by atoms with E-state index in [1.165, 1.54) is 22.0 Å². The van der Waals surface area contributed by atoms with E-state index in [4.69, 9.17) is 0 Å². The predicted molar refractivity (Wildman–Crippen MR) is 89.8 cm³/mol. The monoisotopic (exact) mass is 277 g/mol. The van der Waals surface area contributed by atoms with Crippen LogP contribution >= 0.6 is 0 Å². The van der Waals surface area contributed by atoms with E-state index in [0.717, 1.165) is 12.2 Å². The van der Waals surface area contributed by atoms with Crippen LogP contribution in [0.25, 0.3) is 10.8 Å². The van der Waals surface area contributed by atoms with Crippen LogP contribution in [0.5, 0.6) is 0 Å². The summed E-state index contributed by atoms with van der Waals surface area (Å²) in [6.07, 6.45) is 3.73. The quantitative estimate of drug-likeness (QED) is 0.783. The Morgan fingerprint density at radius 3 is 2.76 bits per heavy atom. The minimum atomic E-state index is 0.815. The summed E-state index contributed by atoms with van der Waals surface area (Å²) < 4.78 is 0. The molecule has 0 saturated heterocycles. The van der Waals surface area contributed by atoms with E-state index in [-0.39, 0.29) is 0 Å². The smallest absolute Gasteiger partial charge is 0.0401 e. The van der Waals surface area contributed by atoms with E-state index >= 15 is 0 Å². The second-order valence-corrected chi connectivity index (χ2v) is 5.36. The van der Waals surface area contributed by atoms with Crippen molar-refractivity contribution in [2.45, 2.75) is 6.54 Å². The van der Waals surface area contributed by atoms with Crippen molar-refractivity contribution in [3.05, 3.63) is 66.5 Å². The molecule has 106 valence electrons. The van der Waals surface area contributed by atoms with Crippen LogP contribution in [0, 0.1) is 0 Å².